The van der Waals surface area contributed by atoms with E-state index in [0.717, 1.165) is 84.3 Å². The molecule has 2 aliphatic rings. The van der Waals surface area contributed by atoms with Crippen LogP contribution in [0.5, 0.6) is 0 Å². The highest BCUT2D eigenvalue weighted by Gasteiger charge is 2.20. The zero-order valence-electron chi connectivity index (χ0n) is 19.2. The van der Waals surface area contributed by atoms with E-state index in [0.29, 0.717) is 6.10 Å². The highest BCUT2D eigenvalue weighted by Crippen LogP contribution is 2.20. The van der Waals surface area contributed by atoms with E-state index in [1.807, 2.05) is 7.05 Å². The summed E-state index contributed by atoms with van der Waals surface area (Å²) in [5.74, 6) is 1.01. The molecular weight excluding hydrogens is 515 g/mol. The van der Waals surface area contributed by atoms with Crippen LogP contribution in [0.3, 0.4) is 0 Å². The molecule has 2 aromatic rings. The molecule has 0 unspecified atom stereocenters. The lowest BCUT2D eigenvalue weighted by atomic mass is 10.0. The Bertz CT molecular complexity index is 843. The number of nitrogens with one attached hydrogen (secondary N) is 1. The summed E-state index contributed by atoms with van der Waals surface area (Å²) in [4.78, 5) is 9.43. The van der Waals surface area contributed by atoms with E-state index in [-0.39, 0.29) is 24.0 Å². The van der Waals surface area contributed by atoms with Crippen molar-refractivity contribution in [3.63, 3.8) is 0 Å². The summed E-state index contributed by atoms with van der Waals surface area (Å²) in [7, 11) is 1.88. The van der Waals surface area contributed by atoms with Gasteiger partial charge in [0.1, 0.15) is 0 Å². The van der Waals surface area contributed by atoms with Gasteiger partial charge in [-0.15, -0.1) is 24.0 Å². The minimum atomic E-state index is 0. The van der Waals surface area contributed by atoms with Crippen LogP contribution in [0, 0.1) is 0 Å². The molecule has 2 heterocycles. The molecule has 0 bridgehead atoms. The van der Waals surface area contributed by atoms with Crippen LogP contribution in [0.1, 0.15) is 24.8 Å². The van der Waals surface area contributed by atoms with Crippen molar-refractivity contribution in [3.8, 4) is 0 Å². The van der Waals surface area contributed by atoms with Gasteiger partial charge < -0.3 is 19.7 Å². The van der Waals surface area contributed by atoms with E-state index >= 15 is 0 Å². The second kappa shape index (κ2) is 13.3. The lowest BCUT2D eigenvalue weighted by molar-refractivity contribution is -0.0320. The van der Waals surface area contributed by atoms with Crippen molar-refractivity contribution in [2.75, 3.05) is 59.6 Å². The maximum atomic E-state index is 5.96. The Hall–Kier alpha value is -1.42. The van der Waals surface area contributed by atoms with Crippen LogP contribution in [0.2, 0.25) is 0 Å². The van der Waals surface area contributed by atoms with Gasteiger partial charge in [0.2, 0.25) is 0 Å². The number of aliphatic imine (C=N–C) groups is 1. The summed E-state index contributed by atoms with van der Waals surface area (Å²) < 4.78 is 11.3. The fraction of sp³-hybridized carbons (Fsp3) is 0.560. The molecule has 176 valence electrons. The third-order valence-electron chi connectivity index (χ3n) is 6.28. The first-order chi connectivity index (χ1) is 15.3. The minimum Gasteiger partial charge on any atom is -0.381 e. The van der Waals surface area contributed by atoms with Crippen LogP contribution in [-0.4, -0.2) is 81.5 Å². The van der Waals surface area contributed by atoms with Gasteiger partial charge in [-0.2, -0.15) is 0 Å². The van der Waals surface area contributed by atoms with Crippen LogP contribution in [0.15, 0.2) is 47.5 Å². The van der Waals surface area contributed by atoms with Crippen molar-refractivity contribution in [2.24, 2.45) is 4.99 Å². The number of halogens is 1. The highest BCUT2D eigenvalue weighted by molar-refractivity contribution is 14.0. The highest BCUT2D eigenvalue weighted by atomic mass is 127. The van der Waals surface area contributed by atoms with Gasteiger partial charge in [0.05, 0.1) is 6.10 Å². The predicted molar refractivity (Wildman–Crippen MR) is 142 cm³/mol. The minimum absolute atomic E-state index is 0. The Kier molecular flexibility index (Phi) is 10.5. The summed E-state index contributed by atoms with van der Waals surface area (Å²) >= 11 is 0. The van der Waals surface area contributed by atoms with E-state index in [1.165, 1.54) is 16.3 Å². The SMILES string of the molecule is CN=C(NCCCOC1CCOCC1)N1CCN(Cc2cccc3ccccc23)CC1.I. The van der Waals surface area contributed by atoms with Crippen molar-refractivity contribution < 1.29 is 9.47 Å². The van der Waals surface area contributed by atoms with Gasteiger partial charge in [0.15, 0.2) is 5.96 Å². The van der Waals surface area contributed by atoms with Gasteiger partial charge in [0.25, 0.3) is 0 Å². The smallest absolute Gasteiger partial charge is 0.193 e. The van der Waals surface area contributed by atoms with Crippen molar-refractivity contribution in [1.82, 2.24) is 15.1 Å². The Labute approximate surface area is 209 Å². The number of nitrogens with zero attached hydrogens (tertiary/aromatic N) is 3. The van der Waals surface area contributed by atoms with Gasteiger partial charge in [-0.3, -0.25) is 9.89 Å². The first-order valence-corrected chi connectivity index (χ1v) is 11.7. The largest absolute Gasteiger partial charge is 0.381 e. The molecule has 0 radical (unpaired) electrons. The topological polar surface area (TPSA) is 49.3 Å². The van der Waals surface area contributed by atoms with Crippen LogP contribution >= 0.6 is 24.0 Å². The molecule has 2 saturated heterocycles. The van der Waals surface area contributed by atoms with Gasteiger partial charge >= 0.3 is 0 Å². The van der Waals surface area contributed by atoms with Gasteiger partial charge in [-0.25, -0.2) is 0 Å². The number of guanidine groups is 1. The van der Waals surface area contributed by atoms with Crippen LogP contribution in [0.4, 0.5) is 0 Å². The average Bonchev–Trinajstić information content (AvgIpc) is 2.83. The Morgan fingerprint density at radius 1 is 1.06 bits per heavy atom. The number of benzene rings is 2. The zero-order chi connectivity index (χ0) is 21.3. The fourth-order valence-electron chi connectivity index (χ4n) is 4.49. The molecule has 6 nitrogen and oxygen atoms in total. The third kappa shape index (κ3) is 7.04. The molecule has 2 aliphatic heterocycles. The van der Waals surface area contributed by atoms with E-state index in [4.69, 9.17) is 9.47 Å². The molecule has 0 atom stereocenters. The van der Waals surface area contributed by atoms with E-state index in [9.17, 15) is 0 Å². The molecule has 0 amide bonds. The number of piperazine rings is 1. The van der Waals surface area contributed by atoms with E-state index < -0.39 is 0 Å². The molecule has 1 N–H and O–H groups in total. The standard InChI is InChI=1S/C25H36N4O2.HI/c1-26-25(27-12-5-17-31-23-10-18-30-19-11-23)29-15-13-28(14-16-29)20-22-8-4-7-21-6-2-3-9-24(21)22;/h2-4,6-9,23H,5,10-20H2,1H3,(H,26,27);1H. The maximum Gasteiger partial charge on any atom is 0.193 e. The average molecular weight is 553 g/mol. The summed E-state index contributed by atoms with van der Waals surface area (Å²) in [5.41, 5.74) is 1.42. The first kappa shape index (κ1) is 25.2. The van der Waals surface area contributed by atoms with E-state index in [1.54, 1.807) is 0 Å². The number of ether oxygens (including phenoxy) is 2. The molecule has 32 heavy (non-hydrogen) atoms. The molecule has 2 aromatic carbocycles. The lowest BCUT2D eigenvalue weighted by Gasteiger charge is -2.36. The Balaban J connectivity index is 0.00000289. The second-order valence-corrected chi connectivity index (χ2v) is 8.41. The fourth-order valence-corrected chi connectivity index (χ4v) is 4.49. The number of hydrogen-bond acceptors (Lipinski definition) is 4. The van der Waals surface area contributed by atoms with Gasteiger partial charge in [-0.05, 0) is 35.6 Å². The van der Waals surface area contributed by atoms with Crippen LogP contribution in [0.25, 0.3) is 10.8 Å². The number of rotatable bonds is 7. The number of hydrogen-bond donors (Lipinski definition) is 1. The first-order valence-electron chi connectivity index (χ1n) is 11.7. The monoisotopic (exact) mass is 552 g/mol. The summed E-state index contributed by atoms with van der Waals surface area (Å²) in [6.07, 6.45) is 3.43. The quantitative estimate of drug-likeness (QED) is 0.246. The predicted octanol–water partition coefficient (Wildman–Crippen LogP) is 3.74. The Morgan fingerprint density at radius 2 is 1.81 bits per heavy atom. The van der Waals surface area contributed by atoms with Crippen molar-refractivity contribution in [3.05, 3.63) is 48.0 Å². The normalized spacial score (nSPS) is 18.5. The molecule has 0 aromatic heterocycles. The summed E-state index contributed by atoms with van der Waals surface area (Å²) in [6.45, 7) is 8.48. The summed E-state index contributed by atoms with van der Waals surface area (Å²) in [5, 5.41) is 6.21. The van der Waals surface area contributed by atoms with Crippen LogP contribution in [-0.2, 0) is 16.0 Å². The molecule has 0 spiro atoms. The van der Waals surface area contributed by atoms with E-state index in [2.05, 4.69) is 62.6 Å². The summed E-state index contributed by atoms with van der Waals surface area (Å²) in [6, 6.07) is 15.3. The lowest BCUT2D eigenvalue weighted by Crippen LogP contribution is -2.52. The van der Waals surface area contributed by atoms with Crippen molar-refractivity contribution in [2.45, 2.75) is 31.9 Å². The second-order valence-electron chi connectivity index (χ2n) is 8.41. The van der Waals surface area contributed by atoms with Gasteiger partial charge in [0, 0.05) is 66.1 Å². The van der Waals surface area contributed by atoms with Crippen molar-refractivity contribution in [1.29, 1.82) is 0 Å². The third-order valence-corrected chi connectivity index (χ3v) is 6.28. The van der Waals surface area contributed by atoms with Crippen molar-refractivity contribution >= 4 is 40.7 Å². The van der Waals surface area contributed by atoms with Crippen LogP contribution < -0.4 is 5.32 Å². The molecule has 4 rings (SSSR count). The molecule has 0 aliphatic carbocycles. The molecule has 7 heteroatoms. The zero-order valence-corrected chi connectivity index (χ0v) is 21.5. The maximum absolute atomic E-state index is 5.96. The Morgan fingerprint density at radius 3 is 2.59 bits per heavy atom. The van der Waals surface area contributed by atoms with Gasteiger partial charge in [-0.1, -0.05) is 42.5 Å². The number of fused-ring (bicyclic) bond motifs is 1. The molecule has 2 fully saturated rings. The molecule has 0 saturated carbocycles. The molecular formula is C25H37IN4O2.